The Morgan fingerprint density at radius 3 is 2.38 bits per heavy atom. The molecule has 0 aliphatic rings. The number of H-pyrrole nitrogens is 1. The summed E-state index contributed by atoms with van der Waals surface area (Å²) in [6.07, 6.45) is 2.69. The molecular weight excluding hydrogens is 304 g/mol. The Morgan fingerprint density at radius 2 is 1.71 bits per heavy atom. The number of nitrogens with one attached hydrogen (secondary N) is 1. The van der Waals surface area contributed by atoms with E-state index in [1.165, 1.54) is 16.5 Å². The molecule has 0 aliphatic heterocycles. The van der Waals surface area contributed by atoms with Crippen molar-refractivity contribution >= 4 is 16.6 Å². The molecule has 2 aromatic carbocycles. The molecule has 0 atom stereocenters. The molecule has 0 bridgehead atoms. The zero-order valence-electron chi connectivity index (χ0n) is 14.4. The number of fused-ring (bicyclic) bond motifs is 1. The summed E-state index contributed by atoms with van der Waals surface area (Å²) in [7, 11) is 4.75. The van der Waals surface area contributed by atoms with E-state index < -0.39 is 0 Å². The number of hydrogen-bond donors (Lipinski definition) is 2. The van der Waals surface area contributed by atoms with E-state index in [9.17, 15) is 0 Å². The monoisotopic (exact) mass is 326 g/mol. The summed E-state index contributed by atoms with van der Waals surface area (Å²) < 4.78 is 16.2. The molecule has 3 aromatic rings. The van der Waals surface area contributed by atoms with Gasteiger partial charge in [0.25, 0.3) is 0 Å². The topological polar surface area (TPSA) is 69.5 Å². The Labute approximate surface area is 141 Å². The average molecular weight is 326 g/mol. The van der Waals surface area contributed by atoms with Crippen LogP contribution in [-0.4, -0.2) is 26.3 Å². The number of aromatic amines is 1. The van der Waals surface area contributed by atoms with Crippen LogP contribution in [0, 0.1) is 6.92 Å². The SMILES string of the molecule is COc1cc(Cc2c[nH]c3ccc(C)cc23)c(N)c(OC)c1OC. The predicted octanol–water partition coefficient (Wildman–Crippen LogP) is 3.68. The van der Waals surface area contributed by atoms with E-state index in [-0.39, 0.29) is 0 Å². The summed E-state index contributed by atoms with van der Waals surface area (Å²) in [5.74, 6) is 1.62. The van der Waals surface area contributed by atoms with Crippen molar-refractivity contribution in [3.63, 3.8) is 0 Å². The molecule has 0 radical (unpaired) electrons. The third kappa shape index (κ3) is 2.62. The van der Waals surface area contributed by atoms with Gasteiger partial charge in [-0.05, 0) is 36.2 Å². The highest BCUT2D eigenvalue weighted by Crippen LogP contribution is 2.44. The third-order valence-corrected chi connectivity index (χ3v) is 4.26. The number of anilines is 1. The van der Waals surface area contributed by atoms with Gasteiger partial charge in [0.15, 0.2) is 11.5 Å². The molecule has 0 amide bonds. The fraction of sp³-hybridized carbons (Fsp3) is 0.263. The summed E-state index contributed by atoms with van der Waals surface area (Å²) in [6, 6.07) is 8.27. The van der Waals surface area contributed by atoms with Gasteiger partial charge < -0.3 is 24.9 Å². The van der Waals surface area contributed by atoms with Crippen molar-refractivity contribution in [3.8, 4) is 17.2 Å². The summed E-state index contributed by atoms with van der Waals surface area (Å²) in [6.45, 7) is 2.09. The van der Waals surface area contributed by atoms with E-state index in [1.807, 2.05) is 12.3 Å². The minimum atomic E-state index is 0.503. The molecule has 0 fully saturated rings. The molecule has 126 valence electrons. The summed E-state index contributed by atoms with van der Waals surface area (Å²) in [4.78, 5) is 3.31. The maximum Gasteiger partial charge on any atom is 0.205 e. The lowest BCUT2D eigenvalue weighted by Gasteiger charge is -2.17. The second-order valence-electron chi connectivity index (χ2n) is 5.76. The Kier molecular flexibility index (Phi) is 4.25. The second kappa shape index (κ2) is 6.35. The number of nitrogen functional groups attached to an aromatic ring is 1. The Balaban J connectivity index is 2.10. The second-order valence-corrected chi connectivity index (χ2v) is 5.76. The van der Waals surface area contributed by atoms with Crippen LogP contribution in [0.25, 0.3) is 10.9 Å². The van der Waals surface area contributed by atoms with Crippen molar-refractivity contribution in [1.29, 1.82) is 0 Å². The van der Waals surface area contributed by atoms with Crippen LogP contribution < -0.4 is 19.9 Å². The summed E-state index contributed by atoms with van der Waals surface area (Å²) >= 11 is 0. The Morgan fingerprint density at radius 1 is 0.958 bits per heavy atom. The molecule has 3 N–H and O–H groups in total. The van der Waals surface area contributed by atoms with Crippen molar-refractivity contribution in [1.82, 2.24) is 4.98 Å². The van der Waals surface area contributed by atoms with Gasteiger partial charge >= 0.3 is 0 Å². The minimum absolute atomic E-state index is 0.503. The van der Waals surface area contributed by atoms with Crippen molar-refractivity contribution in [2.24, 2.45) is 0 Å². The lowest BCUT2D eigenvalue weighted by atomic mass is 10.0. The standard InChI is InChI=1S/C19H22N2O3/c1-11-5-6-15-14(7-11)13(10-21-15)8-12-9-16(22-2)18(23-3)19(24-4)17(12)20/h5-7,9-10,21H,8,20H2,1-4H3. The van der Waals surface area contributed by atoms with Crippen molar-refractivity contribution in [2.75, 3.05) is 27.1 Å². The normalized spacial score (nSPS) is 10.8. The van der Waals surface area contributed by atoms with Gasteiger partial charge in [-0.1, -0.05) is 11.6 Å². The Hall–Kier alpha value is -2.82. The molecule has 5 heteroatoms. The molecule has 0 saturated heterocycles. The number of methoxy groups -OCH3 is 3. The van der Waals surface area contributed by atoms with Gasteiger partial charge in [0.1, 0.15) is 0 Å². The van der Waals surface area contributed by atoms with Crippen molar-refractivity contribution < 1.29 is 14.2 Å². The summed E-state index contributed by atoms with van der Waals surface area (Å²) in [5, 5.41) is 1.20. The minimum Gasteiger partial charge on any atom is -0.493 e. The Bertz CT molecular complexity index is 884. The maximum atomic E-state index is 6.31. The quantitative estimate of drug-likeness (QED) is 0.702. The zero-order chi connectivity index (χ0) is 17.3. The van der Waals surface area contributed by atoms with Gasteiger partial charge in [-0.2, -0.15) is 0 Å². The fourth-order valence-electron chi connectivity index (χ4n) is 3.02. The van der Waals surface area contributed by atoms with Gasteiger partial charge in [-0.25, -0.2) is 0 Å². The molecule has 0 unspecified atom stereocenters. The van der Waals surface area contributed by atoms with E-state index in [2.05, 4.69) is 30.1 Å². The van der Waals surface area contributed by atoms with Crippen molar-refractivity contribution in [2.45, 2.75) is 13.3 Å². The number of nitrogens with two attached hydrogens (primary N) is 1. The van der Waals surface area contributed by atoms with E-state index in [0.717, 1.165) is 11.1 Å². The van der Waals surface area contributed by atoms with Crippen molar-refractivity contribution in [3.05, 3.63) is 47.2 Å². The largest absolute Gasteiger partial charge is 0.493 e. The van der Waals surface area contributed by atoms with E-state index >= 15 is 0 Å². The first-order chi connectivity index (χ1) is 11.6. The number of ether oxygens (including phenoxy) is 3. The predicted molar refractivity (Wildman–Crippen MR) is 96.4 cm³/mol. The molecule has 0 spiro atoms. The molecule has 5 nitrogen and oxygen atoms in total. The molecular formula is C19H22N2O3. The highest BCUT2D eigenvalue weighted by atomic mass is 16.5. The van der Waals surface area contributed by atoms with Gasteiger partial charge in [-0.15, -0.1) is 0 Å². The first-order valence-corrected chi connectivity index (χ1v) is 7.73. The van der Waals surface area contributed by atoms with Crippen LogP contribution >= 0.6 is 0 Å². The van der Waals surface area contributed by atoms with Gasteiger partial charge in [0, 0.05) is 23.5 Å². The van der Waals surface area contributed by atoms with Crippen LogP contribution in [-0.2, 0) is 6.42 Å². The van der Waals surface area contributed by atoms with E-state index in [4.69, 9.17) is 19.9 Å². The van der Waals surface area contributed by atoms with Gasteiger partial charge in [0.2, 0.25) is 5.75 Å². The molecule has 0 saturated carbocycles. The molecule has 24 heavy (non-hydrogen) atoms. The highest BCUT2D eigenvalue weighted by Gasteiger charge is 2.19. The zero-order valence-corrected chi connectivity index (χ0v) is 14.4. The van der Waals surface area contributed by atoms with Gasteiger partial charge in [0.05, 0.1) is 27.0 Å². The van der Waals surface area contributed by atoms with Gasteiger partial charge in [-0.3, -0.25) is 0 Å². The molecule has 1 aromatic heterocycles. The molecule has 0 aliphatic carbocycles. The average Bonchev–Trinajstić information content (AvgIpc) is 2.98. The first-order valence-electron chi connectivity index (χ1n) is 7.73. The number of rotatable bonds is 5. The lowest BCUT2D eigenvalue weighted by molar-refractivity contribution is 0.325. The van der Waals surface area contributed by atoms with Crippen LogP contribution in [0.2, 0.25) is 0 Å². The van der Waals surface area contributed by atoms with E-state index in [1.54, 1.807) is 21.3 Å². The number of aryl methyl sites for hydroxylation is 1. The summed E-state index contributed by atoms with van der Waals surface area (Å²) in [5.41, 5.74) is 11.3. The van der Waals surface area contributed by atoms with Crippen LogP contribution in [0.3, 0.4) is 0 Å². The smallest absolute Gasteiger partial charge is 0.205 e. The van der Waals surface area contributed by atoms with Crippen LogP contribution in [0.4, 0.5) is 5.69 Å². The van der Waals surface area contributed by atoms with Crippen LogP contribution in [0.15, 0.2) is 30.5 Å². The number of aromatic nitrogens is 1. The lowest BCUT2D eigenvalue weighted by Crippen LogP contribution is -2.03. The first kappa shape index (κ1) is 16.1. The molecule has 3 rings (SSSR count). The third-order valence-electron chi connectivity index (χ3n) is 4.26. The molecule has 1 heterocycles. The number of benzene rings is 2. The van der Waals surface area contributed by atoms with Crippen LogP contribution in [0.1, 0.15) is 16.7 Å². The number of hydrogen-bond acceptors (Lipinski definition) is 4. The van der Waals surface area contributed by atoms with Crippen LogP contribution in [0.5, 0.6) is 17.2 Å². The highest BCUT2D eigenvalue weighted by molar-refractivity contribution is 5.84. The maximum absolute atomic E-state index is 6.31. The fourth-order valence-corrected chi connectivity index (χ4v) is 3.02. The van der Waals surface area contributed by atoms with E-state index in [0.29, 0.717) is 29.4 Å².